The van der Waals surface area contributed by atoms with Crippen LogP contribution in [0.3, 0.4) is 0 Å². The van der Waals surface area contributed by atoms with E-state index in [-0.39, 0.29) is 0 Å². The summed E-state index contributed by atoms with van der Waals surface area (Å²) in [7, 11) is 0. The molecule has 5 atom stereocenters. The molecule has 0 aliphatic carbocycles. The summed E-state index contributed by atoms with van der Waals surface area (Å²) in [5.74, 6) is 0. The van der Waals surface area contributed by atoms with Crippen molar-refractivity contribution in [1.82, 2.24) is 0 Å². The number of benzene rings is 5. The molecule has 6 rings (SSSR count). The topological polar surface area (TPSA) is 46.2 Å². The lowest BCUT2D eigenvalue weighted by molar-refractivity contribution is -0.275. The van der Waals surface area contributed by atoms with E-state index in [9.17, 15) is 0 Å². The van der Waals surface area contributed by atoms with E-state index in [2.05, 4.69) is 67.2 Å². The Kier molecular flexibility index (Phi) is 11.8. The fourth-order valence-corrected chi connectivity index (χ4v) is 5.92. The predicted octanol–water partition coefficient (Wildman–Crippen LogP) is 8.74. The van der Waals surface area contributed by atoms with Crippen molar-refractivity contribution in [3.63, 3.8) is 0 Å². The minimum atomic E-state index is -0.481. The van der Waals surface area contributed by atoms with Crippen LogP contribution in [0.25, 0.3) is 6.08 Å². The van der Waals surface area contributed by atoms with Crippen LogP contribution < -0.4 is 0 Å². The van der Waals surface area contributed by atoms with E-state index in [0.717, 1.165) is 33.4 Å². The van der Waals surface area contributed by atoms with Crippen molar-refractivity contribution in [1.29, 1.82) is 0 Å². The van der Waals surface area contributed by atoms with Gasteiger partial charge in [-0.2, -0.15) is 0 Å². The van der Waals surface area contributed by atoms with Gasteiger partial charge < -0.3 is 23.7 Å². The molecule has 1 aliphatic heterocycles. The van der Waals surface area contributed by atoms with Gasteiger partial charge in [0.15, 0.2) is 0 Å². The van der Waals surface area contributed by atoms with Crippen LogP contribution in [0.15, 0.2) is 152 Å². The Morgan fingerprint density at radius 2 is 0.979 bits per heavy atom. The highest BCUT2D eigenvalue weighted by atomic mass is 16.6. The van der Waals surface area contributed by atoms with Gasteiger partial charge in [-0.05, 0) is 39.4 Å². The van der Waals surface area contributed by atoms with E-state index in [0.29, 0.717) is 33.0 Å². The van der Waals surface area contributed by atoms with Gasteiger partial charge in [-0.3, -0.25) is 0 Å². The molecule has 1 saturated heterocycles. The van der Waals surface area contributed by atoms with E-state index in [1.807, 2.05) is 91.0 Å². The van der Waals surface area contributed by atoms with Crippen LogP contribution in [0.4, 0.5) is 0 Å². The summed E-state index contributed by atoms with van der Waals surface area (Å²) >= 11 is 0. The largest absolute Gasteiger partial charge is 0.374 e. The Bertz CT molecular complexity index is 1630. The summed E-state index contributed by atoms with van der Waals surface area (Å²) < 4.78 is 33.8. The van der Waals surface area contributed by atoms with Crippen molar-refractivity contribution >= 4 is 6.08 Å². The molecule has 1 fully saturated rings. The molecule has 0 N–H and O–H groups in total. The van der Waals surface area contributed by atoms with E-state index in [4.69, 9.17) is 23.7 Å². The first-order valence-corrected chi connectivity index (χ1v) is 16.2. The first kappa shape index (κ1) is 32.6. The molecule has 1 heterocycles. The lowest BCUT2D eigenvalue weighted by atomic mass is 9.89. The fourth-order valence-electron chi connectivity index (χ4n) is 5.92. The minimum absolute atomic E-state index is 0.322. The molecule has 0 spiro atoms. The van der Waals surface area contributed by atoms with E-state index >= 15 is 0 Å². The molecule has 5 heteroatoms. The summed E-state index contributed by atoms with van der Waals surface area (Å²) in [6.07, 6.45) is -0.459. The number of ether oxygens (including phenoxy) is 5. The molecule has 47 heavy (non-hydrogen) atoms. The second-order valence-electron chi connectivity index (χ2n) is 11.8. The Morgan fingerprint density at radius 3 is 1.49 bits per heavy atom. The van der Waals surface area contributed by atoms with Gasteiger partial charge in [-0.1, -0.05) is 152 Å². The number of rotatable bonds is 15. The summed E-state index contributed by atoms with van der Waals surface area (Å²) in [6, 6.07) is 49.0. The molecular formula is C42H42O5. The van der Waals surface area contributed by atoms with E-state index in [1.165, 1.54) is 0 Å². The van der Waals surface area contributed by atoms with Gasteiger partial charge in [0.2, 0.25) is 0 Å². The summed E-state index contributed by atoms with van der Waals surface area (Å²) in [6.45, 7) is 5.99. The quantitative estimate of drug-likeness (QED) is 0.116. The second-order valence-corrected chi connectivity index (χ2v) is 11.8. The minimum Gasteiger partial charge on any atom is -0.374 e. The predicted molar refractivity (Wildman–Crippen MR) is 185 cm³/mol. The molecule has 0 amide bonds. The first-order valence-electron chi connectivity index (χ1n) is 16.2. The van der Waals surface area contributed by atoms with Crippen molar-refractivity contribution in [2.75, 3.05) is 6.61 Å². The third-order valence-electron chi connectivity index (χ3n) is 8.36. The molecule has 240 valence electrons. The standard InChI is InChI=1S/C42H42O5/c1-2-32-24-15-25-37(26-32)39-41(45-29-35-20-11-5-12-21-35)42(46-30-36-22-13-6-14-23-36)40(44-28-34-18-9-4-10-19-34)38(47-39)31-43-27-33-16-7-3-8-17-33/h2-26,38-42H,1,27-31H2/t38-,39+,40-,41+,42+/m1/s1. The maximum Gasteiger partial charge on any atom is 0.117 e. The monoisotopic (exact) mass is 626 g/mol. The molecule has 5 aromatic rings. The van der Waals surface area contributed by atoms with Crippen molar-refractivity contribution in [2.45, 2.75) is 56.9 Å². The highest BCUT2D eigenvalue weighted by Crippen LogP contribution is 2.39. The molecule has 0 radical (unpaired) electrons. The lowest BCUT2D eigenvalue weighted by Crippen LogP contribution is -2.58. The van der Waals surface area contributed by atoms with Gasteiger partial charge in [-0.15, -0.1) is 0 Å². The molecule has 0 bridgehead atoms. The van der Waals surface area contributed by atoms with Crippen LogP contribution in [-0.2, 0) is 50.1 Å². The Hall–Kier alpha value is -4.36. The fraction of sp³-hybridized carbons (Fsp3) is 0.238. The van der Waals surface area contributed by atoms with Gasteiger partial charge in [0.05, 0.1) is 33.0 Å². The van der Waals surface area contributed by atoms with Crippen molar-refractivity contribution < 1.29 is 23.7 Å². The summed E-state index contributed by atoms with van der Waals surface area (Å²) in [4.78, 5) is 0. The molecule has 1 aliphatic rings. The smallest absolute Gasteiger partial charge is 0.117 e. The van der Waals surface area contributed by atoms with Gasteiger partial charge in [0.1, 0.15) is 30.5 Å². The molecule has 0 saturated carbocycles. The van der Waals surface area contributed by atoms with Gasteiger partial charge >= 0.3 is 0 Å². The van der Waals surface area contributed by atoms with Crippen LogP contribution in [0.1, 0.15) is 39.5 Å². The van der Waals surface area contributed by atoms with Crippen LogP contribution >= 0.6 is 0 Å². The summed E-state index contributed by atoms with van der Waals surface area (Å²) in [5, 5.41) is 0. The third kappa shape index (κ3) is 9.13. The SMILES string of the molecule is C=Cc1cccc([C@@H]2O[C@H](COCc3ccccc3)[C@@H](OCc3ccccc3)[C@H](OCc3ccccc3)[C@H]2OCc2ccccc2)c1. The zero-order valence-corrected chi connectivity index (χ0v) is 26.6. The normalized spacial score (nSPS) is 20.9. The molecule has 0 aromatic heterocycles. The zero-order valence-electron chi connectivity index (χ0n) is 26.6. The molecule has 0 unspecified atom stereocenters. The molecule has 5 nitrogen and oxygen atoms in total. The average Bonchev–Trinajstić information content (AvgIpc) is 3.14. The zero-order chi connectivity index (χ0) is 32.1. The first-order chi connectivity index (χ1) is 23.3. The van der Waals surface area contributed by atoms with Gasteiger partial charge in [-0.25, -0.2) is 0 Å². The molecule has 5 aromatic carbocycles. The van der Waals surface area contributed by atoms with Crippen molar-refractivity contribution in [3.8, 4) is 0 Å². The van der Waals surface area contributed by atoms with E-state index < -0.39 is 30.5 Å². The van der Waals surface area contributed by atoms with Crippen molar-refractivity contribution in [2.24, 2.45) is 0 Å². The van der Waals surface area contributed by atoms with Gasteiger partial charge in [0.25, 0.3) is 0 Å². The third-order valence-corrected chi connectivity index (χ3v) is 8.36. The van der Waals surface area contributed by atoms with Crippen LogP contribution in [0, 0.1) is 0 Å². The Morgan fingerprint density at radius 1 is 0.511 bits per heavy atom. The Balaban J connectivity index is 1.35. The van der Waals surface area contributed by atoms with Crippen LogP contribution in [-0.4, -0.2) is 31.0 Å². The summed E-state index contributed by atoms with van der Waals surface area (Å²) in [5.41, 5.74) is 6.31. The van der Waals surface area contributed by atoms with E-state index in [1.54, 1.807) is 0 Å². The molecular weight excluding hydrogens is 584 g/mol. The van der Waals surface area contributed by atoms with Crippen LogP contribution in [0.5, 0.6) is 0 Å². The maximum absolute atomic E-state index is 7.01. The highest BCUT2D eigenvalue weighted by molar-refractivity contribution is 5.48. The van der Waals surface area contributed by atoms with Gasteiger partial charge in [0, 0.05) is 0 Å². The van der Waals surface area contributed by atoms with Crippen molar-refractivity contribution in [3.05, 3.63) is 186 Å². The highest BCUT2D eigenvalue weighted by Gasteiger charge is 2.49. The number of hydrogen-bond acceptors (Lipinski definition) is 5. The second kappa shape index (κ2) is 17.0. The average molecular weight is 627 g/mol. The van der Waals surface area contributed by atoms with Crippen LogP contribution in [0.2, 0.25) is 0 Å². The lowest BCUT2D eigenvalue weighted by Gasteiger charge is -2.46. The number of hydrogen-bond donors (Lipinski definition) is 0. The maximum atomic E-state index is 7.01. The Labute approximate surface area is 278 Å².